The third-order valence-corrected chi connectivity index (χ3v) is 12.1. The van der Waals surface area contributed by atoms with E-state index in [2.05, 4.69) is 10.6 Å². The van der Waals surface area contributed by atoms with E-state index >= 15 is 0 Å². The van der Waals surface area contributed by atoms with E-state index < -0.39 is 146 Å². The smallest absolute Gasteiger partial charge is 0.246 e. The average molecular weight is 823 g/mol. The summed E-state index contributed by atoms with van der Waals surface area (Å²) in [4.78, 5) is 25.3. The van der Waals surface area contributed by atoms with E-state index in [1.807, 2.05) is 0 Å². The highest BCUT2D eigenvalue weighted by molar-refractivity contribution is 5.77. The van der Waals surface area contributed by atoms with Crippen LogP contribution >= 0.6 is 0 Å². The van der Waals surface area contributed by atoms with Crippen molar-refractivity contribution in [1.29, 1.82) is 0 Å². The Labute approximate surface area is 332 Å². The Morgan fingerprint density at radius 3 is 1.23 bits per heavy atom. The van der Waals surface area contributed by atoms with Crippen LogP contribution in [-0.2, 0) is 28.5 Å². The summed E-state index contributed by atoms with van der Waals surface area (Å²) in [6.07, 6.45) is -9.13. The number of nitrogens with one attached hydrogen (secondary N) is 2. The van der Waals surface area contributed by atoms with Gasteiger partial charge in [-0.2, -0.15) is 0 Å². The highest BCUT2D eigenvalue weighted by Gasteiger charge is 2.54. The Morgan fingerprint density at radius 2 is 0.877 bits per heavy atom. The molecule has 0 aromatic heterocycles. The molecule has 0 spiro atoms. The van der Waals surface area contributed by atoms with Crippen LogP contribution in [0.25, 0.3) is 0 Å². The minimum atomic E-state index is -1.35. The first-order valence-corrected chi connectivity index (χ1v) is 20.1. The number of unbranched alkanes of at least 4 members (excludes halogenated alkanes) is 4. The van der Waals surface area contributed by atoms with E-state index in [0.717, 1.165) is 19.3 Å². The molecule has 0 unspecified atom stereocenters. The molecule has 4 aliphatic rings. The van der Waals surface area contributed by atoms with E-state index in [1.54, 1.807) is 0 Å². The Bertz CT molecular complexity index is 1160. The van der Waals surface area contributed by atoms with Crippen molar-refractivity contribution in [3.8, 4) is 0 Å². The second-order valence-corrected chi connectivity index (χ2v) is 16.1. The van der Waals surface area contributed by atoms with Crippen molar-refractivity contribution < 1.29 is 59.2 Å². The van der Waals surface area contributed by atoms with Gasteiger partial charge in [0.15, 0.2) is 0 Å². The highest BCUT2D eigenvalue weighted by atomic mass is 16.5. The molecule has 0 aromatic rings. The quantitative estimate of drug-likeness (QED) is 0.0571. The summed E-state index contributed by atoms with van der Waals surface area (Å²) < 4.78 is 23.6. The fourth-order valence-corrected chi connectivity index (χ4v) is 8.73. The van der Waals surface area contributed by atoms with Crippen LogP contribution in [0, 0.1) is 11.8 Å². The first-order valence-electron chi connectivity index (χ1n) is 20.1. The topological polar surface area (TPSA) is 425 Å². The summed E-state index contributed by atoms with van der Waals surface area (Å²) >= 11 is 0. The number of aliphatic hydroxyl groups excluding tert-OH is 6. The molecule has 4 rings (SSSR count). The fourth-order valence-electron chi connectivity index (χ4n) is 8.73. The van der Waals surface area contributed by atoms with E-state index in [9.17, 15) is 40.2 Å². The maximum atomic E-state index is 12.7. The lowest BCUT2D eigenvalue weighted by Crippen LogP contribution is -2.70. The second-order valence-electron chi connectivity index (χ2n) is 16.1. The van der Waals surface area contributed by atoms with Crippen molar-refractivity contribution in [2.75, 3.05) is 39.4 Å². The van der Waals surface area contributed by atoms with Gasteiger partial charge in [0.25, 0.3) is 0 Å². The standard InChI is InChI=1S/C35H70N10O12/c36-10-18-28(50)30(52)24(42)32(56-18)22-14(38)8-16(40)26(48)34(22)54-12-20(46)44-6-4-2-1-3-5-7-45-21(47)13-55-35-23(15(39)9-17(41)27(35)49)33-25(43)31(53)29(51)19(11-37)57-33/h14-19,22-35,48-53H,1-13,36-43H2,(H,44,46)(H,45,47)/t14-,15-,16+,17+,18+,19+,22-,23-,24+,25+,26-,27-,28+,29+,30+,31+,32+,33+,34-,35-/m0/s1. The number of aliphatic hydroxyl groups is 6. The van der Waals surface area contributed by atoms with Crippen LogP contribution < -0.4 is 56.5 Å². The van der Waals surface area contributed by atoms with Gasteiger partial charge in [-0.3, -0.25) is 9.59 Å². The maximum absolute atomic E-state index is 12.7. The maximum Gasteiger partial charge on any atom is 0.246 e. The monoisotopic (exact) mass is 823 g/mol. The lowest BCUT2D eigenvalue weighted by Gasteiger charge is -2.50. The van der Waals surface area contributed by atoms with Crippen LogP contribution in [0.3, 0.4) is 0 Å². The molecule has 2 amide bonds. The van der Waals surface area contributed by atoms with Crippen LogP contribution in [0.15, 0.2) is 0 Å². The van der Waals surface area contributed by atoms with Crippen molar-refractivity contribution in [1.82, 2.24) is 10.6 Å². The fraction of sp³-hybridized carbons (Fsp3) is 0.943. The molecule has 2 aliphatic heterocycles. The number of ether oxygens (including phenoxy) is 4. The van der Waals surface area contributed by atoms with Gasteiger partial charge in [0, 0.05) is 62.2 Å². The van der Waals surface area contributed by atoms with E-state index in [1.165, 1.54) is 0 Å². The van der Waals surface area contributed by atoms with Crippen LogP contribution in [0.1, 0.15) is 44.9 Å². The molecule has 57 heavy (non-hydrogen) atoms. The van der Waals surface area contributed by atoms with Crippen molar-refractivity contribution >= 4 is 11.8 Å². The molecular weight excluding hydrogens is 752 g/mol. The van der Waals surface area contributed by atoms with Gasteiger partial charge < -0.3 is 106 Å². The molecule has 0 bridgehead atoms. The molecule has 2 saturated carbocycles. The summed E-state index contributed by atoms with van der Waals surface area (Å²) in [6.45, 7) is -0.183. The zero-order chi connectivity index (χ0) is 42.1. The molecule has 22 nitrogen and oxygen atoms in total. The molecular formula is C35H70N10O12. The van der Waals surface area contributed by atoms with Crippen LogP contribution in [-0.4, -0.2) is 191 Å². The molecule has 4 fully saturated rings. The number of rotatable bonds is 18. The number of carbonyl (C=O) groups is 2. The lowest BCUT2D eigenvalue weighted by atomic mass is 9.71. The number of hydrogen-bond donors (Lipinski definition) is 16. The summed E-state index contributed by atoms with van der Waals surface area (Å²) in [5, 5.41) is 69.1. The molecule has 0 aromatic carbocycles. The highest BCUT2D eigenvalue weighted by Crippen LogP contribution is 2.37. The molecule has 20 atom stereocenters. The molecule has 24 N–H and O–H groups in total. The van der Waals surface area contributed by atoms with Crippen molar-refractivity contribution in [2.24, 2.45) is 57.7 Å². The zero-order valence-electron chi connectivity index (χ0n) is 32.5. The lowest BCUT2D eigenvalue weighted by molar-refractivity contribution is -0.217. The Morgan fingerprint density at radius 1 is 0.526 bits per heavy atom. The normalized spacial score (nSPS) is 44.0. The van der Waals surface area contributed by atoms with Gasteiger partial charge in [-0.15, -0.1) is 0 Å². The summed E-state index contributed by atoms with van der Waals surface area (Å²) in [5.41, 5.74) is 48.9. The van der Waals surface area contributed by atoms with Gasteiger partial charge in [0.1, 0.15) is 37.6 Å². The van der Waals surface area contributed by atoms with Gasteiger partial charge in [-0.1, -0.05) is 19.3 Å². The van der Waals surface area contributed by atoms with Crippen molar-refractivity contribution in [3.05, 3.63) is 0 Å². The second kappa shape index (κ2) is 22.2. The van der Waals surface area contributed by atoms with Crippen LogP contribution in [0.5, 0.6) is 0 Å². The number of nitrogens with two attached hydrogens (primary N) is 8. The van der Waals surface area contributed by atoms with E-state index in [-0.39, 0.29) is 25.9 Å². The SMILES string of the molecule is NC[C@H]1O[C@H]([C@H]2[C@H](OCC(=O)NCCCCCCCNC(=O)CO[C@@H]3[C@@H](O)[C@H](N)C[C@H](N)[C@H]3[C@H]3O[C@H](CN)[C@@H](O)[C@H](O)[C@H]3N)[C@@H](O)[C@H](N)C[C@@H]2N)[C@H](N)[C@@H](O)[C@@H]1O. The van der Waals surface area contributed by atoms with E-state index in [4.69, 9.17) is 64.8 Å². The summed E-state index contributed by atoms with van der Waals surface area (Å²) in [7, 11) is 0. The predicted octanol–water partition coefficient (Wildman–Crippen LogP) is -8.44. The number of hydrogen-bond acceptors (Lipinski definition) is 20. The third kappa shape index (κ3) is 11.7. The van der Waals surface area contributed by atoms with Gasteiger partial charge in [0.2, 0.25) is 11.8 Å². The first kappa shape index (κ1) is 47.9. The van der Waals surface area contributed by atoms with Crippen molar-refractivity contribution in [3.63, 3.8) is 0 Å². The van der Waals surface area contributed by atoms with Gasteiger partial charge in [-0.25, -0.2) is 0 Å². The molecule has 22 heteroatoms. The van der Waals surface area contributed by atoms with Gasteiger partial charge >= 0.3 is 0 Å². The minimum absolute atomic E-state index is 0.0852. The van der Waals surface area contributed by atoms with Crippen LogP contribution in [0.4, 0.5) is 0 Å². The van der Waals surface area contributed by atoms with Crippen LogP contribution in [0.2, 0.25) is 0 Å². The Hall–Kier alpha value is -1.78. The minimum Gasteiger partial charge on any atom is -0.389 e. The zero-order valence-corrected chi connectivity index (χ0v) is 32.5. The molecule has 2 heterocycles. The summed E-state index contributed by atoms with van der Waals surface area (Å²) in [6, 6.07) is -4.84. The summed E-state index contributed by atoms with van der Waals surface area (Å²) in [5.74, 6) is -2.32. The van der Waals surface area contributed by atoms with Gasteiger partial charge in [-0.05, 0) is 25.7 Å². The molecule has 0 radical (unpaired) electrons. The van der Waals surface area contributed by atoms with E-state index in [0.29, 0.717) is 25.9 Å². The first-order chi connectivity index (χ1) is 27.0. The Balaban J connectivity index is 1.13. The third-order valence-electron chi connectivity index (χ3n) is 12.1. The molecule has 2 aliphatic carbocycles. The number of carbonyl (C=O) groups excluding carboxylic acids is 2. The molecule has 332 valence electrons. The predicted molar refractivity (Wildman–Crippen MR) is 204 cm³/mol. The average Bonchev–Trinajstić information content (AvgIpc) is 3.18. The largest absolute Gasteiger partial charge is 0.389 e. The number of amides is 2. The Kier molecular flexibility index (Phi) is 18.6. The van der Waals surface area contributed by atoms with Crippen molar-refractivity contribution in [2.45, 2.75) is 154 Å². The molecule has 2 saturated heterocycles. The van der Waals surface area contributed by atoms with Gasteiger partial charge in [0.05, 0.1) is 60.9 Å².